The van der Waals surface area contributed by atoms with E-state index in [0.29, 0.717) is 13.2 Å². The first-order valence-corrected chi connectivity index (χ1v) is 4.42. The first-order chi connectivity index (χ1) is 6.79. The summed E-state index contributed by atoms with van der Waals surface area (Å²) < 4.78 is 5.46. The molecule has 0 atom stereocenters. The summed E-state index contributed by atoms with van der Waals surface area (Å²) in [4.78, 5) is 0. The fraction of sp³-hybridized carbons (Fsp3) is 0.273. The molecule has 0 saturated carbocycles. The lowest BCUT2D eigenvalue weighted by atomic mass is 10.1. The molecule has 0 spiro atoms. The molecule has 1 N–H and O–H groups in total. The highest BCUT2D eigenvalue weighted by atomic mass is 16.5. The van der Waals surface area contributed by atoms with Crippen LogP contribution in [0.3, 0.4) is 0 Å². The molecule has 0 aromatic heterocycles. The number of ether oxygens (including phenoxy) is 1. The van der Waals surface area contributed by atoms with Gasteiger partial charge in [-0.1, -0.05) is 18.1 Å². The predicted molar refractivity (Wildman–Crippen MR) is 58.4 cm³/mol. The largest absolute Gasteiger partial charge is 0.491 e. The van der Waals surface area contributed by atoms with Crippen molar-refractivity contribution < 1.29 is 4.74 Å². The van der Waals surface area contributed by atoms with Gasteiger partial charge in [-0.3, -0.25) is 0 Å². The fourth-order valence-corrected chi connectivity index (χ4v) is 1.17. The summed E-state index contributed by atoms with van der Waals surface area (Å²) in [5.41, 5.74) is 1.86. The molecular formula is C11H12BNO. The Kier molecular flexibility index (Phi) is 4.09. The van der Waals surface area contributed by atoms with E-state index in [2.05, 4.69) is 11.1 Å². The standard InChI is InChI=1S/C11H12BNO/c1-3-10-9(2)5-4-6-11(10)14-8-7-13-12/h1,4-6,13H,7-8H2,2H3. The number of aryl methyl sites for hydroxylation is 1. The van der Waals surface area contributed by atoms with Crippen molar-refractivity contribution in [3.63, 3.8) is 0 Å². The molecule has 0 saturated heterocycles. The molecule has 3 heteroatoms. The Morgan fingerprint density at radius 2 is 2.36 bits per heavy atom. The lowest BCUT2D eigenvalue weighted by molar-refractivity contribution is 0.323. The van der Waals surface area contributed by atoms with Gasteiger partial charge in [-0.05, 0) is 18.6 Å². The first kappa shape index (κ1) is 10.7. The van der Waals surface area contributed by atoms with Crippen molar-refractivity contribution >= 4 is 7.98 Å². The maximum absolute atomic E-state index is 5.46. The van der Waals surface area contributed by atoms with Crippen LogP contribution in [-0.2, 0) is 0 Å². The Labute approximate surface area is 86.1 Å². The minimum absolute atomic E-state index is 0.509. The molecule has 1 rings (SSSR count). The second-order valence-electron chi connectivity index (χ2n) is 2.89. The van der Waals surface area contributed by atoms with E-state index < -0.39 is 0 Å². The van der Waals surface area contributed by atoms with Gasteiger partial charge in [0, 0.05) is 6.54 Å². The van der Waals surface area contributed by atoms with Gasteiger partial charge in [-0.15, -0.1) is 6.42 Å². The molecule has 1 aromatic rings. The third-order valence-corrected chi connectivity index (χ3v) is 1.88. The summed E-state index contributed by atoms with van der Waals surface area (Å²) in [6, 6.07) is 5.74. The lowest BCUT2D eigenvalue weighted by Gasteiger charge is -2.09. The minimum atomic E-state index is 0.509. The van der Waals surface area contributed by atoms with Crippen LogP contribution in [0.1, 0.15) is 11.1 Å². The normalized spacial score (nSPS) is 9.43. The molecule has 0 fully saturated rings. The maximum atomic E-state index is 5.46. The Morgan fingerprint density at radius 3 is 3.00 bits per heavy atom. The fourth-order valence-electron chi connectivity index (χ4n) is 1.17. The SMILES string of the molecule is [B]NCCOc1cccc(C)c1C#C. The molecule has 0 amide bonds. The van der Waals surface area contributed by atoms with Gasteiger partial charge in [0.1, 0.15) is 5.75 Å². The van der Waals surface area contributed by atoms with E-state index in [1.54, 1.807) is 0 Å². The monoisotopic (exact) mass is 185 g/mol. The van der Waals surface area contributed by atoms with Crippen molar-refractivity contribution in [3.8, 4) is 18.1 Å². The van der Waals surface area contributed by atoms with E-state index in [-0.39, 0.29) is 0 Å². The zero-order valence-electron chi connectivity index (χ0n) is 8.21. The quantitative estimate of drug-likeness (QED) is 0.429. The van der Waals surface area contributed by atoms with E-state index in [0.717, 1.165) is 16.9 Å². The molecule has 0 aliphatic carbocycles. The van der Waals surface area contributed by atoms with E-state index >= 15 is 0 Å². The van der Waals surface area contributed by atoms with Crippen molar-refractivity contribution in [1.82, 2.24) is 5.23 Å². The van der Waals surface area contributed by atoms with Crippen LogP contribution in [-0.4, -0.2) is 21.1 Å². The van der Waals surface area contributed by atoms with Gasteiger partial charge in [-0.25, -0.2) is 0 Å². The average Bonchev–Trinajstić information content (AvgIpc) is 2.18. The van der Waals surface area contributed by atoms with Crippen molar-refractivity contribution in [2.75, 3.05) is 13.2 Å². The van der Waals surface area contributed by atoms with Crippen molar-refractivity contribution in [2.45, 2.75) is 6.92 Å². The second kappa shape index (κ2) is 5.36. The van der Waals surface area contributed by atoms with E-state index in [1.165, 1.54) is 0 Å². The van der Waals surface area contributed by atoms with Gasteiger partial charge in [0.05, 0.1) is 12.2 Å². The Morgan fingerprint density at radius 1 is 1.57 bits per heavy atom. The van der Waals surface area contributed by atoms with Gasteiger partial charge in [-0.2, -0.15) is 0 Å². The number of nitrogens with one attached hydrogen (secondary N) is 1. The van der Waals surface area contributed by atoms with Crippen LogP contribution < -0.4 is 9.96 Å². The Hall–Kier alpha value is -1.40. The highest BCUT2D eigenvalue weighted by molar-refractivity contribution is 6.04. The Bertz CT molecular complexity index is 344. The minimum Gasteiger partial charge on any atom is -0.491 e. The highest BCUT2D eigenvalue weighted by Gasteiger charge is 2.02. The molecule has 0 unspecified atom stereocenters. The van der Waals surface area contributed by atoms with Crippen LogP contribution in [0, 0.1) is 19.3 Å². The molecule has 14 heavy (non-hydrogen) atoms. The highest BCUT2D eigenvalue weighted by Crippen LogP contribution is 2.20. The molecule has 2 nitrogen and oxygen atoms in total. The smallest absolute Gasteiger partial charge is 0.177 e. The van der Waals surface area contributed by atoms with Crippen LogP contribution in [0.15, 0.2) is 18.2 Å². The lowest BCUT2D eigenvalue weighted by Crippen LogP contribution is -2.17. The van der Waals surface area contributed by atoms with Crippen molar-refractivity contribution in [3.05, 3.63) is 29.3 Å². The molecule has 2 radical (unpaired) electrons. The predicted octanol–water partition coefficient (Wildman–Crippen LogP) is 1.03. The Balaban J connectivity index is 2.76. The summed E-state index contributed by atoms with van der Waals surface area (Å²) >= 11 is 0. The van der Waals surface area contributed by atoms with Crippen LogP contribution in [0.5, 0.6) is 5.75 Å². The van der Waals surface area contributed by atoms with Crippen molar-refractivity contribution in [1.29, 1.82) is 0 Å². The molecule has 1 aromatic carbocycles. The summed E-state index contributed by atoms with van der Waals surface area (Å²) in [6.07, 6.45) is 5.39. The van der Waals surface area contributed by atoms with Gasteiger partial charge in [0.15, 0.2) is 7.98 Å². The first-order valence-electron chi connectivity index (χ1n) is 4.42. The third-order valence-electron chi connectivity index (χ3n) is 1.88. The topological polar surface area (TPSA) is 21.3 Å². The summed E-state index contributed by atoms with van der Waals surface area (Å²) in [6.45, 7) is 3.07. The molecule has 0 heterocycles. The summed E-state index contributed by atoms with van der Waals surface area (Å²) in [5.74, 6) is 3.35. The van der Waals surface area contributed by atoms with Gasteiger partial charge in [0.2, 0.25) is 0 Å². The summed E-state index contributed by atoms with van der Waals surface area (Å²) in [7, 11) is 5.12. The van der Waals surface area contributed by atoms with Gasteiger partial charge < -0.3 is 9.96 Å². The molecule has 70 valence electrons. The van der Waals surface area contributed by atoms with Crippen LogP contribution in [0.2, 0.25) is 0 Å². The second-order valence-corrected chi connectivity index (χ2v) is 2.89. The number of benzene rings is 1. The van der Waals surface area contributed by atoms with Crippen molar-refractivity contribution in [2.24, 2.45) is 0 Å². The van der Waals surface area contributed by atoms with E-state index in [4.69, 9.17) is 19.1 Å². The van der Waals surface area contributed by atoms with E-state index in [9.17, 15) is 0 Å². The van der Waals surface area contributed by atoms with E-state index in [1.807, 2.05) is 25.1 Å². The molecular weight excluding hydrogens is 173 g/mol. The number of hydrogen-bond acceptors (Lipinski definition) is 2. The molecule has 0 aliphatic heterocycles. The average molecular weight is 185 g/mol. The van der Waals surface area contributed by atoms with Crippen LogP contribution >= 0.6 is 0 Å². The maximum Gasteiger partial charge on any atom is 0.177 e. The number of terminal acetylenes is 1. The zero-order chi connectivity index (χ0) is 10.4. The third kappa shape index (κ3) is 2.55. The van der Waals surface area contributed by atoms with Gasteiger partial charge in [0.25, 0.3) is 0 Å². The number of rotatable bonds is 4. The molecule has 0 aliphatic rings. The number of hydrogen-bond donors (Lipinski definition) is 1. The summed E-state index contributed by atoms with van der Waals surface area (Å²) in [5, 5.41) is 2.51. The zero-order valence-corrected chi connectivity index (χ0v) is 8.21. The van der Waals surface area contributed by atoms with Crippen LogP contribution in [0.4, 0.5) is 0 Å². The van der Waals surface area contributed by atoms with Crippen LogP contribution in [0.25, 0.3) is 0 Å². The molecule has 0 bridgehead atoms. The van der Waals surface area contributed by atoms with Gasteiger partial charge >= 0.3 is 0 Å².